The molecular weight excluding hydrogens is 270 g/mol. The zero-order valence-electron chi connectivity index (χ0n) is 11.8. The molecule has 4 heteroatoms. The molecule has 3 nitrogen and oxygen atoms in total. The van der Waals surface area contributed by atoms with Crippen LogP contribution in [0.4, 0.5) is 11.6 Å². The van der Waals surface area contributed by atoms with Gasteiger partial charge in [-0.25, -0.2) is 4.98 Å². The molecule has 0 radical (unpaired) electrons. The number of hydrogen-bond acceptors (Lipinski definition) is 2. The Kier molecular flexibility index (Phi) is 3.97. The van der Waals surface area contributed by atoms with Crippen LogP contribution in [0, 0.1) is 6.92 Å². The van der Waals surface area contributed by atoms with Crippen molar-refractivity contribution in [1.82, 2.24) is 9.55 Å². The predicted molar refractivity (Wildman–Crippen MR) is 83.8 cm³/mol. The molecule has 20 heavy (non-hydrogen) atoms. The molecule has 3 rings (SSSR count). The van der Waals surface area contributed by atoms with E-state index in [4.69, 9.17) is 11.6 Å². The molecule has 0 unspecified atom stereocenters. The molecule has 1 aliphatic rings. The van der Waals surface area contributed by atoms with Crippen LogP contribution in [-0.4, -0.2) is 9.55 Å². The molecule has 0 saturated heterocycles. The third-order valence-corrected chi connectivity index (χ3v) is 4.32. The number of nitrogens with one attached hydrogen (secondary N) is 1. The van der Waals surface area contributed by atoms with E-state index in [2.05, 4.69) is 27.1 Å². The van der Waals surface area contributed by atoms with Crippen LogP contribution in [0.3, 0.4) is 0 Å². The monoisotopic (exact) mass is 289 g/mol. The first-order valence-corrected chi connectivity index (χ1v) is 7.68. The Bertz CT molecular complexity index is 585. The van der Waals surface area contributed by atoms with Crippen molar-refractivity contribution in [3.63, 3.8) is 0 Å². The van der Waals surface area contributed by atoms with E-state index in [1.807, 2.05) is 25.3 Å². The highest BCUT2D eigenvalue weighted by atomic mass is 35.5. The van der Waals surface area contributed by atoms with Crippen LogP contribution in [0.15, 0.2) is 30.6 Å². The first kappa shape index (κ1) is 13.5. The van der Waals surface area contributed by atoms with E-state index in [0.29, 0.717) is 6.04 Å². The molecule has 1 fully saturated rings. The molecule has 0 spiro atoms. The number of benzene rings is 1. The number of hydrogen-bond donors (Lipinski definition) is 1. The Hall–Kier alpha value is -1.48. The van der Waals surface area contributed by atoms with Crippen LogP contribution in [0.5, 0.6) is 0 Å². The Morgan fingerprint density at radius 2 is 2.05 bits per heavy atom. The molecule has 1 saturated carbocycles. The highest BCUT2D eigenvalue weighted by molar-refractivity contribution is 6.33. The first-order valence-electron chi connectivity index (χ1n) is 7.30. The summed E-state index contributed by atoms with van der Waals surface area (Å²) in [5, 5.41) is 4.10. The second-order valence-corrected chi connectivity index (χ2v) is 5.97. The largest absolute Gasteiger partial charge is 0.324 e. The molecule has 106 valence electrons. The zero-order valence-corrected chi connectivity index (χ0v) is 12.5. The van der Waals surface area contributed by atoms with Gasteiger partial charge in [0.05, 0.1) is 10.7 Å². The van der Waals surface area contributed by atoms with Crippen LogP contribution in [0.25, 0.3) is 0 Å². The second-order valence-electron chi connectivity index (χ2n) is 5.56. The fraction of sp³-hybridized carbons (Fsp3) is 0.438. The third-order valence-electron chi connectivity index (χ3n) is 4.01. The lowest BCUT2D eigenvalue weighted by atomic mass is 9.95. The number of aromatic nitrogens is 2. The Morgan fingerprint density at radius 3 is 2.80 bits per heavy atom. The summed E-state index contributed by atoms with van der Waals surface area (Å²) in [5.41, 5.74) is 2.08. The number of anilines is 2. The van der Waals surface area contributed by atoms with Gasteiger partial charge in [-0.1, -0.05) is 36.9 Å². The summed E-state index contributed by atoms with van der Waals surface area (Å²) >= 11 is 6.29. The zero-order chi connectivity index (χ0) is 13.9. The van der Waals surface area contributed by atoms with Gasteiger partial charge in [-0.15, -0.1) is 0 Å². The van der Waals surface area contributed by atoms with Crippen molar-refractivity contribution in [2.24, 2.45) is 0 Å². The minimum atomic E-state index is 0.568. The number of aryl methyl sites for hydroxylation is 1. The average Bonchev–Trinajstić information content (AvgIpc) is 2.91. The molecule has 0 atom stereocenters. The van der Waals surface area contributed by atoms with E-state index in [1.54, 1.807) is 0 Å². The number of halogens is 1. The highest BCUT2D eigenvalue weighted by Gasteiger charge is 2.18. The van der Waals surface area contributed by atoms with Crippen LogP contribution < -0.4 is 5.32 Å². The maximum Gasteiger partial charge on any atom is 0.207 e. The SMILES string of the molecule is Cc1ccc(Nc2nccn2C2CCCCC2)c(Cl)c1. The van der Waals surface area contributed by atoms with Crippen LogP contribution in [0.2, 0.25) is 5.02 Å². The van der Waals surface area contributed by atoms with Gasteiger partial charge >= 0.3 is 0 Å². The third kappa shape index (κ3) is 2.83. The topological polar surface area (TPSA) is 29.9 Å². The summed E-state index contributed by atoms with van der Waals surface area (Å²) in [7, 11) is 0. The molecule has 1 N–H and O–H groups in total. The molecule has 1 aliphatic carbocycles. The van der Waals surface area contributed by atoms with E-state index in [0.717, 1.165) is 22.2 Å². The van der Waals surface area contributed by atoms with Gasteiger partial charge < -0.3 is 9.88 Å². The Morgan fingerprint density at radius 1 is 1.25 bits per heavy atom. The fourth-order valence-electron chi connectivity index (χ4n) is 2.91. The van der Waals surface area contributed by atoms with Crippen LogP contribution >= 0.6 is 11.6 Å². The van der Waals surface area contributed by atoms with Gasteiger partial charge in [-0.2, -0.15) is 0 Å². The minimum absolute atomic E-state index is 0.568. The van der Waals surface area contributed by atoms with Crippen molar-refractivity contribution < 1.29 is 0 Å². The fourth-order valence-corrected chi connectivity index (χ4v) is 3.19. The van der Waals surface area contributed by atoms with Gasteiger partial charge in [-0.05, 0) is 37.5 Å². The van der Waals surface area contributed by atoms with Crippen molar-refractivity contribution in [3.05, 3.63) is 41.2 Å². The van der Waals surface area contributed by atoms with E-state index >= 15 is 0 Å². The summed E-state index contributed by atoms with van der Waals surface area (Å²) in [6.07, 6.45) is 10.4. The lowest BCUT2D eigenvalue weighted by Gasteiger charge is -2.25. The van der Waals surface area contributed by atoms with Gasteiger partial charge in [0.2, 0.25) is 5.95 Å². The van der Waals surface area contributed by atoms with Crippen molar-refractivity contribution in [3.8, 4) is 0 Å². The van der Waals surface area contributed by atoms with Crippen molar-refractivity contribution in [2.75, 3.05) is 5.32 Å². The number of imidazole rings is 1. The summed E-state index contributed by atoms with van der Waals surface area (Å²) in [4.78, 5) is 4.44. The lowest BCUT2D eigenvalue weighted by Crippen LogP contribution is -2.14. The van der Waals surface area contributed by atoms with E-state index in [9.17, 15) is 0 Å². The van der Waals surface area contributed by atoms with Gasteiger partial charge in [0.1, 0.15) is 0 Å². The molecular formula is C16H20ClN3. The summed E-state index contributed by atoms with van der Waals surface area (Å²) in [6, 6.07) is 6.61. The van der Waals surface area contributed by atoms with Crippen molar-refractivity contribution in [1.29, 1.82) is 0 Å². The van der Waals surface area contributed by atoms with Crippen molar-refractivity contribution >= 4 is 23.2 Å². The van der Waals surface area contributed by atoms with Gasteiger partial charge in [0, 0.05) is 18.4 Å². The molecule has 1 aromatic carbocycles. The number of nitrogens with zero attached hydrogens (tertiary/aromatic N) is 2. The standard InChI is InChI=1S/C16H20ClN3/c1-12-7-8-15(14(17)11-12)19-16-18-9-10-20(16)13-5-3-2-4-6-13/h7-11,13H,2-6H2,1H3,(H,18,19). The molecule has 0 aliphatic heterocycles. The smallest absolute Gasteiger partial charge is 0.207 e. The minimum Gasteiger partial charge on any atom is -0.324 e. The molecule has 0 bridgehead atoms. The lowest BCUT2D eigenvalue weighted by molar-refractivity contribution is 0.356. The Labute approximate surface area is 125 Å². The van der Waals surface area contributed by atoms with Gasteiger partial charge in [0.25, 0.3) is 0 Å². The van der Waals surface area contributed by atoms with Crippen LogP contribution in [-0.2, 0) is 0 Å². The predicted octanol–water partition coefficient (Wildman–Crippen LogP) is 5.09. The summed E-state index contributed by atoms with van der Waals surface area (Å²) < 4.78 is 2.26. The maximum atomic E-state index is 6.29. The number of rotatable bonds is 3. The first-order chi connectivity index (χ1) is 9.74. The maximum absolute atomic E-state index is 6.29. The normalized spacial score (nSPS) is 16.3. The molecule has 2 aromatic rings. The van der Waals surface area contributed by atoms with Gasteiger partial charge in [-0.3, -0.25) is 0 Å². The van der Waals surface area contributed by atoms with E-state index < -0.39 is 0 Å². The van der Waals surface area contributed by atoms with E-state index in [1.165, 1.54) is 32.1 Å². The summed E-state index contributed by atoms with van der Waals surface area (Å²) in [5.74, 6) is 0.891. The summed E-state index contributed by atoms with van der Waals surface area (Å²) in [6.45, 7) is 2.04. The highest BCUT2D eigenvalue weighted by Crippen LogP contribution is 2.32. The molecule has 1 aromatic heterocycles. The van der Waals surface area contributed by atoms with Crippen LogP contribution in [0.1, 0.15) is 43.7 Å². The molecule has 1 heterocycles. The average molecular weight is 290 g/mol. The van der Waals surface area contributed by atoms with E-state index in [-0.39, 0.29) is 0 Å². The van der Waals surface area contributed by atoms with Gasteiger partial charge in [0.15, 0.2) is 0 Å². The second kappa shape index (κ2) is 5.88. The van der Waals surface area contributed by atoms with Crippen molar-refractivity contribution in [2.45, 2.75) is 45.1 Å². The molecule has 0 amide bonds. The Balaban J connectivity index is 1.82. The quantitative estimate of drug-likeness (QED) is 0.852.